The lowest BCUT2D eigenvalue weighted by molar-refractivity contribution is -0.571. The maximum absolute atomic E-state index is 13.4. The molecule has 0 radical (unpaired) electrons. The lowest BCUT2D eigenvalue weighted by Crippen LogP contribution is -2.51. The highest BCUT2D eigenvalue weighted by Crippen LogP contribution is 2.53. The summed E-state index contributed by atoms with van der Waals surface area (Å²) >= 11 is 0. The number of halogens is 1. The average Bonchev–Trinajstić information content (AvgIpc) is 2.92. The van der Waals surface area contributed by atoms with Gasteiger partial charge in [-0.2, -0.15) is 0 Å². The molecule has 4 atom stereocenters. The molecule has 1 aliphatic heterocycles. The van der Waals surface area contributed by atoms with E-state index in [0.29, 0.717) is 11.1 Å². The molecule has 2 aromatic rings. The summed E-state index contributed by atoms with van der Waals surface area (Å²) in [6.07, 6.45) is 0. The molecule has 6 nitrogen and oxygen atoms in total. The van der Waals surface area contributed by atoms with E-state index in [1.54, 1.807) is 31.2 Å². The largest absolute Gasteiger partial charge is 0.468 e. The summed E-state index contributed by atoms with van der Waals surface area (Å²) in [6.45, 7) is 3.11. The van der Waals surface area contributed by atoms with Crippen LogP contribution in [-0.2, 0) is 9.53 Å². The van der Waals surface area contributed by atoms with Crippen LogP contribution in [0.4, 0.5) is 4.39 Å². The second kappa shape index (κ2) is 6.74. The van der Waals surface area contributed by atoms with Gasteiger partial charge in [-0.15, -0.1) is 0 Å². The van der Waals surface area contributed by atoms with Crippen LogP contribution < -0.4 is 5.32 Å². The highest BCUT2D eigenvalue weighted by Gasteiger charge is 2.69. The van der Waals surface area contributed by atoms with Gasteiger partial charge in [0, 0.05) is 11.8 Å². The van der Waals surface area contributed by atoms with Gasteiger partial charge in [-0.1, -0.05) is 42.5 Å². The number of carbonyl (C=O) groups is 1. The van der Waals surface area contributed by atoms with Crippen molar-refractivity contribution in [1.29, 1.82) is 0 Å². The van der Waals surface area contributed by atoms with E-state index in [1.807, 2.05) is 6.07 Å². The van der Waals surface area contributed by atoms with Crippen molar-refractivity contribution in [3.8, 4) is 0 Å². The Morgan fingerprint density at radius 3 is 2.22 bits per heavy atom. The fraction of sp³-hybridized carbons (Fsp3) is 0.350. The number of esters is 1. The molecule has 0 aromatic heterocycles. The van der Waals surface area contributed by atoms with Crippen LogP contribution in [0.5, 0.6) is 0 Å². The summed E-state index contributed by atoms with van der Waals surface area (Å²) in [4.78, 5) is 24.6. The van der Waals surface area contributed by atoms with Gasteiger partial charge in [-0.05, 0) is 30.2 Å². The van der Waals surface area contributed by atoms with Crippen LogP contribution in [0.15, 0.2) is 54.6 Å². The molecule has 0 aliphatic carbocycles. The van der Waals surface area contributed by atoms with Crippen molar-refractivity contribution in [3.05, 3.63) is 81.7 Å². The highest BCUT2D eigenvalue weighted by atomic mass is 19.1. The Morgan fingerprint density at radius 2 is 1.70 bits per heavy atom. The number of nitrogens with one attached hydrogen (secondary N) is 1. The normalized spacial score (nSPS) is 30.1. The fourth-order valence-electron chi connectivity index (χ4n) is 4.27. The third kappa shape index (κ3) is 2.88. The Hall–Kier alpha value is -2.80. The Bertz CT molecular complexity index is 858. The number of hydrogen-bond acceptors (Lipinski definition) is 5. The Labute approximate surface area is 156 Å². The lowest BCUT2D eigenvalue weighted by atomic mass is 9.70. The van der Waals surface area contributed by atoms with Gasteiger partial charge in [0.1, 0.15) is 17.4 Å². The smallest absolute Gasteiger partial charge is 0.326 e. The number of methoxy groups -OCH3 is 1. The minimum absolute atomic E-state index is 0.361. The van der Waals surface area contributed by atoms with Gasteiger partial charge in [-0.25, -0.2) is 4.39 Å². The minimum Gasteiger partial charge on any atom is -0.468 e. The third-order valence-corrected chi connectivity index (χ3v) is 5.53. The van der Waals surface area contributed by atoms with Crippen molar-refractivity contribution in [1.82, 2.24) is 5.32 Å². The summed E-state index contributed by atoms with van der Waals surface area (Å²) in [5.74, 6) is -1.94. The van der Waals surface area contributed by atoms with Gasteiger partial charge in [0.15, 0.2) is 0 Å². The molecule has 1 aliphatic rings. The predicted octanol–water partition coefficient (Wildman–Crippen LogP) is 3.22. The molecule has 0 unspecified atom stereocenters. The summed E-state index contributed by atoms with van der Waals surface area (Å²) in [5, 5.41) is 15.5. The van der Waals surface area contributed by atoms with Gasteiger partial charge < -0.3 is 4.74 Å². The van der Waals surface area contributed by atoms with Crippen LogP contribution in [0.25, 0.3) is 0 Å². The van der Waals surface area contributed by atoms with Gasteiger partial charge in [0.25, 0.3) is 0 Å². The quantitative estimate of drug-likeness (QED) is 0.506. The summed E-state index contributed by atoms with van der Waals surface area (Å²) in [7, 11) is 1.25. The van der Waals surface area contributed by atoms with Gasteiger partial charge in [-0.3, -0.25) is 20.2 Å². The van der Waals surface area contributed by atoms with Crippen molar-refractivity contribution >= 4 is 5.97 Å². The predicted molar refractivity (Wildman–Crippen MR) is 97.3 cm³/mol. The van der Waals surface area contributed by atoms with E-state index in [1.165, 1.54) is 38.3 Å². The summed E-state index contributed by atoms with van der Waals surface area (Å²) in [5.41, 5.74) is -1.75. The molecule has 0 spiro atoms. The number of carbonyl (C=O) groups excluding carboxylic acids is 1. The molecule has 3 rings (SSSR count). The molecule has 1 heterocycles. The molecule has 142 valence electrons. The number of hydrogen-bond donors (Lipinski definition) is 1. The molecule has 0 amide bonds. The SMILES string of the molecule is COC(=O)[C@@]1(C)N[C@@H](c2ccccc2)[C@@](C)([N+](=O)[O-])[C@@H]1c1ccc(F)cc1. The van der Waals surface area contributed by atoms with Crippen LogP contribution in [-0.4, -0.2) is 29.1 Å². The van der Waals surface area contributed by atoms with E-state index in [-0.39, 0.29) is 4.92 Å². The van der Waals surface area contributed by atoms with Crippen LogP contribution in [0.2, 0.25) is 0 Å². The standard InChI is InChI=1S/C20H21FN2O4/c1-19(18(24)27-3)16(13-9-11-15(21)12-10-13)20(2,23(25)26)17(22-19)14-7-5-4-6-8-14/h4-12,16-17,22H,1-3H3/t16-,17+,19+,20+/m1/s1. The first-order valence-corrected chi connectivity index (χ1v) is 8.56. The zero-order chi connectivity index (χ0) is 19.8. The van der Waals surface area contributed by atoms with E-state index in [4.69, 9.17) is 4.74 Å². The Kier molecular flexibility index (Phi) is 4.73. The fourth-order valence-corrected chi connectivity index (χ4v) is 4.27. The molecule has 1 N–H and O–H groups in total. The van der Waals surface area contributed by atoms with E-state index >= 15 is 0 Å². The molecule has 1 saturated heterocycles. The summed E-state index contributed by atoms with van der Waals surface area (Å²) in [6, 6.07) is 13.7. The van der Waals surface area contributed by atoms with Crippen LogP contribution in [0.1, 0.15) is 36.9 Å². The van der Waals surface area contributed by atoms with Crippen LogP contribution in [0.3, 0.4) is 0 Å². The highest BCUT2D eigenvalue weighted by molar-refractivity contribution is 5.83. The van der Waals surface area contributed by atoms with Gasteiger partial charge in [0.05, 0.1) is 13.0 Å². The van der Waals surface area contributed by atoms with E-state index < -0.39 is 34.8 Å². The van der Waals surface area contributed by atoms with Gasteiger partial charge in [0.2, 0.25) is 5.54 Å². The number of benzene rings is 2. The molecule has 7 heteroatoms. The lowest BCUT2D eigenvalue weighted by Gasteiger charge is -2.32. The molecular weight excluding hydrogens is 351 g/mol. The van der Waals surface area contributed by atoms with Crippen LogP contribution >= 0.6 is 0 Å². The average molecular weight is 372 g/mol. The van der Waals surface area contributed by atoms with Crippen molar-refractivity contribution in [2.75, 3.05) is 7.11 Å². The van der Waals surface area contributed by atoms with E-state index in [0.717, 1.165) is 0 Å². The number of rotatable bonds is 4. The maximum Gasteiger partial charge on any atom is 0.326 e. The molecule has 1 fully saturated rings. The van der Waals surface area contributed by atoms with Crippen molar-refractivity contribution in [2.24, 2.45) is 0 Å². The first-order chi connectivity index (χ1) is 12.7. The number of ether oxygens (including phenoxy) is 1. The zero-order valence-electron chi connectivity index (χ0n) is 15.3. The van der Waals surface area contributed by atoms with Crippen molar-refractivity contribution in [2.45, 2.75) is 36.9 Å². The molecule has 27 heavy (non-hydrogen) atoms. The van der Waals surface area contributed by atoms with E-state index in [2.05, 4.69) is 5.32 Å². The van der Waals surface area contributed by atoms with Crippen LogP contribution in [0, 0.1) is 15.9 Å². The Balaban J connectivity index is 2.25. The number of nitrogens with zero attached hydrogens (tertiary/aromatic N) is 1. The van der Waals surface area contributed by atoms with E-state index in [9.17, 15) is 19.3 Å². The first kappa shape index (κ1) is 19.0. The minimum atomic E-state index is -1.57. The molecule has 2 aromatic carbocycles. The third-order valence-electron chi connectivity index (χ3n) is 5.53. The molecule has 0 bridgehead atoms. The van der Waals surface area contributed by atoms with Crippen molar-refractivity contribution in [3.63, 3.8) is 0 Å². The zero-order valence-corrected chi connectivity index (χ0v) is 15.3. The van der Waals surface area contributed by atoms with Gasteiger partial charge >= 0.3 is 5.97 Å². The monoisotopic (exact) mass is 372 g/mol. The maximum atomic E-state index is 13.4. The second-order valence-electron chi connectivity index (χ2n) is 7.15. The Morgan fingerprint density at radius 1 is 1.11 bits per heavy atom. The topological polar surface area (TPSA) is 81.5 Å². The second-order valence-corrected chi connectivity index (χ2v) is 7.15. The summed E-state index contributed by atoms with van der Waals surface area (Å²) < 4.78 is 18.4. The molecular formula is C20H21FN2O4. The molecule has 0 saturated carbocycles. The van der Waals surface area contributed by atoms with Crippen molar-refractivity contribution < 1.29 is 18.8 Å². The first-order valence-electron chi connectivity index (χ1n) is 8.56. The number of nitro groups is 1.